The molecule has 2 N–H and O–H groups in total. The van der Waals surface area contributed by atoms with Gasteiger partial charge in [0.25, 0.3) is 0 Å². The number of hydrogen-bond acceptors (Lipinski definition) is 5. The standard InChI is InChI=1S/C11H11BrF3NO4S/c12-6-1-2-7(10(3-6)20-11(13,14)15)16-8-4-21(18,19)5-9(8)17/h1-3,8-9,16-17H,4-5H2. The summed E-state index contributed by atoms with van der Waals surface area (Å²) >= 11 is 3.03. The highest BCUT2D eigenvalue weighted by Crippen LogP contribution is 2.34. The predicted octanol–water partition coefficient (Wildman–Crippen LogP) is 1.92. The Morgan fingerprint density at radius 1 is 1.33 bits per heavy atom. The smallest absolute Gasteiger partial charge is 0.404 e. The van der Waals surface area contributed by atoms with E-state index in [4.69, 9.17) is 0 Å². The molecule has 0 spiro atoms. The first kappa shape index (κ1) is 16.4. The van der Waals surface area contributed by atoms with Crippen molar-refractivity contribution in [3.63, 3.8) is 0 Å². The van der Waals surface area contributed by atoms with Gasteiger partial charge in [0.2, 0.25) is 0 Å². The van der Waals surface area contributed by atoms with E-state index in [2.05, 4.69) is 26.0 Å². The van der Waals surface area contributed by atoms with E-state index in [0.29, 0.717) is 4.47 Å². The lowest BCUT2D eigenvalue weighted by molar-refractivity contribution is -0.274. The van der Waals surface area contributed by atoms with Crippen molar-refractivity contribution in [1.29, 1.82) is 0 Å². The monoisotopic (exact) mass is 389 g/mol. The van der Waals surface area contributed by atoms with Crippen LogP contribution in [0.5, 0.6) is 5.75 Å². The molecule has 0 aromatic heterocycles. The molecule has 118 valence electrons. The second-order valence-corrected chi connectivity index (χ2v) is 7.65. The maximum Gasteiger partial charge on any atom is 0.573 e. The third kappa shape index (κ3) is 4.48. The molecular weight excluding hydrogens is 379 g/mol. The van der Waals surface area contributed by atoms with Gasteiger partial charge in [-0.3, -0.25) is 0 Å². The van der Waals surface area contributed by atoms with Crippen LogP contribution < -0.4 is 10.1 Å². The van der Waals surface area contributed by atoms with Gasteiger partial charge in [-0.15, -0.1) is 13.2 Å². The first-order valence-corrected chi connectivity index (χ1v) is 8.37. The molecular formula is C11H11BrF3NO4S. The summed E-state index contributed by atoms with van der Waals surface area (Å²) in [6.07, 6.45) is -6.06. The van der Waals surface area contributed by atoms with Crippen molar-refractivity contribution < 1.29 is 31.4 Å². The molecule has 0 amide bonds. The van der Waals surface area contributed by atoms with Gasteiger partial charge in [0.05, 0.1) is 29.3 Å². The maximum atomic E-state index is 12.4. The van der Waals surface area contributed by atoms with E-state index in [1.54, 1.807) is 0 Å². The second-order valence-electron chi connectivity index (χ2n) is 4.58. The lowest BCUT2D eigenvalue weighted by atomic mass is 10.2. The van der Waals surface area contributed by atoms with Crippen LogP contribution in [-0.4, -0.2) is 43.5 Å². The van der Waals surface area contributed by atoms with E-state index in [1.165, 1.54) is 12.1 Å². The van der Waals surface area contributed by atoms with Gasteiger partial charge < -0.3 is 15.2 Å². The Kier molecular flexibility index (Phi) is 4.41. The van der Waals surface area contributed by atoms with Crippen molar-refractivity contribution in [1.82, 2.24) is 0 Å². The third-order valence-electron chi connectivity index (χ3n) is 2.83. The molecule has 1 fully saturated rings. The van der Waals surface area contributed by atoms with Crippen LogP contribution in [0.25, 0.3) is 0 Å². The zero-order chi connectivity index (χ0) is 15.8. The van der Waals surface area contributed by atoms with Crippen LogP contribution in [0.4, 0.5) is 18.9 Å². The van der Waals surface area contributed by atoms with Gasteiger partial charge in [0.1, 0.15) is 0 Å². The fourth-order valence-electron chi connectivity index (χ4n) is 1.99. The van der Waals surface area contributed by atoms with E-state index in [0.717, 1.165) is 6.07 Å². The molecule has 1 aromatic rings. The number of rotatable bonds is 3. The molecule has 1 aliphatic heterocycles. The van der Waals surface area contributed by atoms with Crippen LogP contribution in [0.15, 0.2) is 22.7 Å². The fourth-order valence-corrected chi connectivity index (χ4v) is 4.07. The van der Waals surface area contributed by atoms with E-state index in [1.807, 2.05) is 0 Å². The number of sulfone groups is 1. The van der Waals surface area contributed by atoms with Crippen LogP contribution in [0.1, 0.15) is 0 Å². The molecule has 0 bridgehead atoms. The number of benzene rings is 1. The highest BCUT2D eigenvalue weighted by molar-refractivity contribution is 9.10. The van der Waals surface area contributed by atoms with Gasteiger partial charge in [0.15, 0.2) is 15.6 Å². The number of aliphatic hydroxyl groups excluding tert-OH is 1. The van der Waals surface area contributed by atoms with Crippen molar-refractivity contribution in [2.75, 3.05) is 16.8 Å². The minimum atomic E-state index is -4.88. The number of alkyl halides is 3. The minimum Gasteiger partial charge on any atom is -0.404 e. The number of hydrogen-bond donors (Lipinski definition) is 2. The van der Waals surface area contributed by atoms with Crippen LogP contribution >= 0.6 is 15.9 Å². The van der Waals surface area contributed by atoms with Crippen molar-refractivity contribution >= 4 is 31.5 Å². The van der Waals surface area contributed by atoms with Gasteiger partial charge in [-0.1, -0.05) is 15.9 Å². The van der Waals surface area contributed by atoms with Crippen LogP contribution in [0, 0.1) is 0 Å². The zero-order valence-electron chi connectivity index (χ0n) is 10.4. The molecule has 2 unspecified atom stereocenters. The average Bonchev–Trinajstić information content (AvgIpc) is 2.53. The van der Waals surface area contributed by atoms with Gasteiger partial charge in [0, 0.05) is 4.47 Å². The summed E-state index contributed by atoms with van der Waals surface area (Å²) in [7, 11) is -3.41. The summed E-state index contributed by atoms with van der Waals surface area (Å²) in [5.41, 5.74) is -0.0447. The average molecular weight is 390 g/mol. The molecule has 1 heterocycles. The molecule has 1 aromatic carbocycles. The Morgan fingerprint density at radius 2 is 2.00 bits per heavy atom. The topological polar surface area (TPSA) is 75.6 Å². The predicted molar refractivity (Wildman–Crippen MR) is 72.9 cm³/mol. The largest absolute Gasteiger partial charge is 0.573 e. The fraction of sp³-hybridized carbons (Fsp3) is 0.455. The Morgan fingerprint density at radius 3 is 2.52 bits per heavy atom. The van der Waals surface area contributed by atoms with Crippen molar-refractivity contribution in [2.45, 2.75) is 18.5 Å². The molecule has 2 rings (SSSR count). The van der Waals surface area contributed by atoms with Gasteiger partial charge in [-0.2, -0.15) is 0 Å². The van der Waals surface area contributed by atoms with Gasteiger partial charge in [-0.05, 0) is 18.2 Å². The lowest BCUT2D eigenvalue weighted by Crippen LogP contribution is -2.32. The van der Waals surface area contributed by atoms with E-state index in [9.17, 15) is 26.7 Å². The molecule has 2 atom stereocenters. The summed E-state index contributed by atoms with van der Waals surface area (Å²) < 4.78 is 64.1. The Balaban J connectivity index is 2.24. The Hall–Kier alpha value is -1.00. The van der Waals surface area contributed by atoms with Crippen molar-refractivity contribution in [2.24, 2.45) is 0 Å². The Labute approximate surface area is 127 Å². The summed E-state index contributed by atoms with van der Waals surface area (Å²) in [5, 5.41) is 12.2. The third-order valence-corrected chi connectivity index (χ3v) is 5.04. The zero-order valence-corrected chi connectivity index (χ0v) is 12.8. The number of aliphatic hydroxyl groups is 1. The molecule has 1 saturated heterocycles. The van der Waals surface area contributed by atoms with Crippen LogP contribution in [0.3, 0.4) is 0 Å². The maximum absolute atomic E-state index is 12.4. The van der Waals surface area contributed by atoms with E-state index < -0.39 is 39.8 Å². The highest BCUT2D eigenvalue weighted by Gasteiger charge is 2.37. The van der Waals surface area contributed by atoms with E-state index >= 15 is 0 Å². The van der Waals surface area contributed by atoms with Crippen molar-refractivity contribution in [3.8, 4) is 5.75 Å². The summed E-state index contributed by atoms with van der Waals surface area (Å²) in [6.45, 7) is 0. The molecule has 0 aliphatic carbocycles. The minimum absolute atomic E-state index is 0.0447. The molecule has 0 saturated carbocycles. The summed E-state index contributed by atoms with van der Waals surface area (Å²) in [5.74, 6) is -1.28. The molecule has 0 radical (unpaired) electrons. The second kappa shape index (κ2) is 5.65. The summed E-state index contributed by atoms with van der Waals surface area (Å²) in [4.78, 5) is 0. The Bertz CT molecular complexity index is 635. The van der Waals surface area contributed by atoms with Crippen LogP contribution in [-0.2, 0) is 9.84 Å². The normalized spacial score (nSPS) is 24.8. The highest BCUT2D eigenvalue weighted by atomic mass is 79.9. The van der Waals surface area contributed by atoms with Crippen molar-refractivity contribution in [3.05, 3.63) is 22.7 Å². The number of ether oxygens (including phenoxy) is 1. The SMILES string of the molecule is O=S1(=O)CC(O)C(Nc2ccc(Br)cc2OC(F)(F)F)C1. The lowest BCUT2D eigenvalue weighted by Gasteiger charge is -2.20. The summed E-state index contributed by atoms with van der Waals surface area (Å²) in [6, 6.07) is 3.00. The molecule has 10 heteroatoms. The molecule has 21 heavy (non-hydrogen) atoms. The van der Waals surface area contributed by atoms with Crippen LogP contribution in [0.2, 0.25) is 0 Å². The van der Waals surface area contributed by atoms with Gasteiger partial charge in [-0.25, -0.2) is 8.42 Å². The number of anilines is 1. The quantitative estimate of drug-likeness (QED) is 0.825. The number of halogens is 4. The number of nitrogens with one attached hydrogen (secondary N) is 1. The molecule has 5 nitrogen and oxygen atoms in total. The first-order valence-electron chi connectivity index (χ1n) is 5.76. The first-order chi connectivity index (χ1) is 9.56. The molecule has 1 aliphatic rings. The van der Waals surface area contributed by atoms with Gasteiger partial charge >= 0.3 is 6.36 Å². The van der Waals surface area contributed by atoms with E-state index in [-0.39, 0.29) is 11.4 Å².